The average Bonchev–Trinajstić information content (AvgIpc) is 2.70. The fourth-order valence-electron chi connectivity index (χ4n) is 3.06. The first-order chi connectivity index (χ1) is 15.1. The molecule has 0 aliphatic rings. The Kier molecular flexibility index (Phi) is 12.6. The minimum Gasteiger partial charge on any atom is -0.495 e. The molecule has 2 aromatic carbocycles. The molecule has 6 heteroatoms. The molecule has 0 fully saturated rings. The summed E-state index contributed by atoms with van der Waals surface area (Å²) < 4.78 is 18.3. The van der Waals surface area contributed by atoms with Crippen LogP contribution in [0, 0.1) is 31.6 Å². The molecule has 0 aromatic heterocycles. The first-order valence-electron chi connectivity index (χ1n) is 11.5. The van der Waals surface area contributed by atoms with Gasteiger partial charge >= 0.3 is 18.9 Å². The van der Waals surface area contributed by atoms with Crippen LogP contribution in [0.15, 0.2) is 30.3 Å². The van der Waals surface area contributed by atoms with Gasteiger partial charge in [0.25, 0.3) is 0 Å². The summed E-state index contributed by atoms with van der Waals surface area (Å²) in [5, 5.41) is 0.760. The molecule has 0 amide bonds. The first kappa shape index (κ1) is 29.6. The van der Waals surface area contributed by atoms with E-state index in [4.69, 9.17) is 14.2 Å². The standard InChI is InChI=1S/C27H38O4P.Li/c1-17(2)14-29-22-12-23(30-15-18(3)4)26(24(13-22)31-16-19(5)6)32-27(28)25-20(7)10-9-11-21(25)8;/h9-13,17-19H,14-16H2,1-8H3;/q-1;+1. The predicted molar refractivity (Wildman–Crippen MR) is 134 cm³/mol. The van der Waals surface area contributed by atoms with Gasteiger partial charge in [-0.3, -0.25) is 0 Å². The molecule has 0 radical (unpaired) electrons. The first-order valence-corrected chi connectivity index (χ1v) is 12.4. The second kappa shape index (κ2) is 14.1. The summed E-state index contributed by atoms with van der Waals surface area (Å²) in [4.78, 5) is 13.4. The molecular formula is C27H38LiO4P. The van der Waals surface area contributed by atoms with Crippen molar-refractivity contribution in [3.63, 3.8) is 0 Å². The number of hydrogen-bond acceptors (Lipinski definition) is 4. The predicted octanol–water partition coefficient (Wildman–Crippen LogP) is 3.82. The molecule has 0 atom stereocenters. The number of aryl methyl sites for hydroxylation is 2. The molecule has 4 nitrogen and oxygen atoms in total. The van der Waals surface area contributed by atoms with E-state index >= 15 is 0 Å². The Morgan fingerprint density at radius 2 is 1.21 bits per heavy atom. The van der Waals surface area contributed by atoms with Gasteiger partial charge in [-0.15, -0.1) is 5.30 Å². The van der Waals surface area contributed by atoms with Crippen molar-refractivity contribution < 1.29 is 37.9 Å². The van der Waals surface area contributed by atoms with Crippen molar-refractivity contribution in [2.24, 2.45) is 17.8 Å². The van der Waals surface area contributed by atoms with E-state index in [2.05, 4.69) is 41.5 Å². The van der Waals surface area contributed by atoms with Crippen LogP contribution < -0.4 is 38.4 Å². The van der Waals surface area contributed by atoms with Gasteiger partial charge < -0.3 is 27.6 Å². The summed E-state index contributed by atoms with van der Waals surface area (Å²) >= 11 is 0. The molecular weight excluding hydrogens is 426 g/mol. The molecule has 2 aromatic rings. The third-order valence-electron chi connectivity index (χ3n) is 4.65. The van der Waals surface area contributed by atoms with Crippen molar-refractivity contribution in [3.05, 3.63) is 47.0 Å². The molecule has 0 spiro atoms. The molecule has 2 rings (SSSR count). The maximum atomic E-state index is 13.4. The summed E-state index contributed by atoms with van der Waals surface area (Å²) in [5.41, 5.74) is 2.77. The van der Waals surface area contributed by atoms with E-state index in [-0.39, 0.29) is 24.4 Å². The maximum Gasteiger partial charge on any atom is 1.00 e. The number of hydrogen-bond donors (Lipinski definition) is 0. The minimum absolute atomic E-state index is 0. The van der Waals surface area contributed by atoms with Gasteiger partial charge in [-0.05, 0) is 48.3 Å². The number of carbonyl (C=O) groups is 1. The maximum absolute atomic E-state index is 13.4. The molecule has 0 aliphatic carbocycles. The minimum atomic E-state index is 0. The second-order valence-electron chi connectivity index (χ2n) is 9.57. The van der Waals surface area contributed by atoms with Crippen LogP contribution >= 0.6 is 8.58 Å². The molecule has 0 aliphatic heterocycles. The summed E-state index contributed by atoms with van der Waals surface area (Å²) in [7, 11) is 0.536. The van der Waals surface area contributed by atoms with Crippen LogP contribution in [0.5, 0.6) is 17.2 Å². The van der Waals surface area contributed by atoms with Gasteiger partial charge in [0.05, 0.1) is 31.3 Å². The summed E-state index contributed by atoms with van der Waals surface area (Å²) in [6, 6.07) is 9.73. The second-order valence-corrected chi connectivity index (χ2v) is 10.6. The third kappa shape index (κ3) is 9.36. The zero-order chi connectivity index (χ0) is 23.8. The van der Waals surface area contributed by atoms with Crippen molar-refractivity contribution in [3.8, 4) is 17.2 Å². The van der Waals surface area contributed by atoms with Crippen molar-refractivity contribution in [1.82, 2.24) is 0 Å². The van der Waals surface area contributed by atoms with E-state index < -0.39 is 0 Å². The van der Waals surface area contributed by atoms with Gasteiger partial charge in [0.1, 0.15) is 5.75 Å². The van der Waals surface area contributed by atoms with E-state index in [0.29, 0.717) is 63.4 Å². The Bertz CT molecular complexity index is 856. The molecule has 0 saturated carbocycles. The fourth-order valence-corrected chi connectivity index (χ4v) is 4.20. The van der Waals surface area contributed by atoms with E-state index in [1.807, 2.05) is 44.2 Å². The Hall–Kier alpha value is -1.46. The summed E-state index contributed by atoms with van der Waals surface area (Å²) in [5.74, 6) is 3.12. The topological polar surface area (TPSA) is 44.8 Å². The van der Waals surface area contributed by atoms with Gasteiger partial charge in [0.15, 0.2) is 0 Å². The summed E-state index contributed by atoms with van der Waals surface area (Å²) in [6.45, 7) is 18.3. The SMILES string of the molecule is Cc1cccc(C)c1C(=O)[P-]c1c(OCC(C)C)cc(OCC(C)C)cc1OCC(C)C.[Li+]. The van der Waals surface area contributed by atoms with Crippen molar-refractivity contribution in [2.75, 3.05) is 19.8 Å². The third-order valence-corrected chi connectivity index (χ3v) is 5.74. The molecule has 0 unspecified atom stereocenters. The number of benzene rings is 2. The van der Waals surface area contributed by atoms with Crippen molar-refractivity contribution >= 4 is 19.4 Å². The van der Waals surface area contributed by atoms with Crippen LogP contribution in [0.1, 0.15) is 63.0 Å². The smallest absolute Gasteiger partial charge is 0.495 e. The zero-order valence-corrected chi connectivity index (χ0v) is 22.7. The van der Waals surface area contributed by atoms with Crippen LogP contribution in [-0.2, 0) is 0 Å². The Labute approximate surface area is 214 Å². The van der Waals surface area contributed by atoms with Gasteiger partial charge in [-0.1, -0.05) is 59.7 Å². The van der Waals surface area contributed by atoms with Crippen LogP contribution in [0.4, 0.5) is 0 Å². The van der Waals surface area contributed by atoms with Crippen LogP contribution in [0.2, 0.25) is 0 Å². The van der Waals surface area contributed by atoms with E-state index in [1.54, 1.807) is 0 Å². The summed E-state index contributed by atoms with van der Waals surface area (Å²) in [6.07, 6.45) is 0. The number of ether oxygens (including phenoxy) is 3. The molecule has 33 heavy (non-hydrogen) atoms. The molecule has 0 heterocycles. The van der Waals surface area contributed by atoms with Crippen molar-refractivity contribution in [1.29, 1.82) is 0 Å². The van der Waals surface area contributed by atoms with Gasteiger partial charge in [0.2, 0.25) is 0 Å². The van der Waals surface area contributed by atoms with Crippen LogP contribution in [0.25, 0.3) is 0 Å². The van der Waals surface area contributed by atoms with Crippen molar-refractivity contribution in [2.45, 2.75) is 55.4 Å². The number of rotatable bonds is 12. The normalized spacial score (nSPS) is 11.4. The van der Waals surface area contributed by atoms with E-state index in [0.717, 1.165) is 22.0 Å². The molecule has 0 N–H and O–H groups in total. The molecule has 0 saturated heterocycles. The van der Waals surface area contributed by atoms with Crippen LogP contribution in [0.3, 0.4) is 0 Å². The van der Waals surface area contributed by atoms with E-state index in [1.165, 1.54) is 0 Å². The Morgan fingerprint density at radius 1 is 0.788 bits per heavy atom. The Morgan fingerprint density at radius 3 is 1.64 bits per heavy atom. The Balaban J connectivity index is 0.00000544. The molecule has 0 bridgehead atoms. The van der Waals surface area contributed by atoms with Gasteiger partial charge in [0, 0.05) is 17.7 Å². The van der Waals surface area contributed by atoms with Gasteiger partial charge in [-0.2, -0.15) is 0 Å². The largest absolute Gasteiger partial charge is 1.00 e. The monoisotopic (exact) mass is 464 g/mol. The fraction of sp³-hybridized carbons (Fsp3) is 0.519. The number of carbonyl (C=O) groups excluding carboxylic acids is 1. The zero-order valence-electron chi connectivity index (χ0n) is 21.8. The quantitative estimate of drug-likeness (QED) is 0.354. The average molecular weight is 465 g/mol. The molecule has 176 valence electrons. The van der Waals surface area contributed by atoms with Gasteiger partial charge in [-0.25, -0.2) is 0 Å². The van der Waals surface area contributed by atoms with Crippen LogP contribution in [-0.4, -0.2) is 25.3 Å². The van der Waals surface area contributed by atoms with E-state index in [9.17, 15) is 4.79 Å².